The number of aryl methyl sites for hydroxylation is 1. The van der Waals surface area contributed by atoms with E-state index in [1.54, 1.807) is 16.4 Å². The number of carbonyl (C=O) groups excluding carboxylic acids is 1. The van der Waals surface area contributed by atoms with Gasteiger partial charge in [0, 0.05) is 9.92 Å². The minimum Gasteiger partial charge on any atom is -0.406 e. The third kappa shape index (κ3) is 3.89. The summed E-state index contributed by atoms with van der Waals surface area (Å²) >= 11 is 7.65. The van der Waals surface area contributed by atoms with Crippen molar-refractivity contribution < 1.29 is 9.53 Å². The number of aromatic nitrogens is 2. The van der Waals surface area contributed by atoms with Crippen LogP contribution in [0, 0.1) is 30.1 Å². The van der Waals surface area contributed by atoms with Crippen LogP contribution in [0.25, 0.3) is 5.69 Å². The maximum atomic E-state index is 13.8. The highest BCUT2D eigenvalue weighted by Gasteiger charge is 2.56. The summed E-state index contributed by atoms with van der Waals surface area (Å²) in [7, 11) is 0. The Morgan fingerprint density at radius 1 is 1.00 bits per heavy atom. The van der Waals surface area contributed by atoms with Crippen molar-refractivity contribution in [1.82, 2.24) is 9.78 Å². The zero-order valence-corrected chi connectivity index (χ0v) is 20.2. The van der Waals surface area contributed by atoms with Crippen molar-refractivity contribution in [2.75, 3.05) is 0 Å². The monoisotopic (exact) mass is 478 g/mol. The Hall–Kier alpha value is -2.24. The first kappa shape index (κ1) is 21.3. The lowest BCUT2D eigenvalue weighted by atomic mass is 9.49. The summed E-state index contributed by atoms with van der Waals surface area (Å²) < 4.78 is 8.13. The van der Waals surface area contributed by atoms with Crippen LogP contribution < -0.4 is 4.74 Å². The molecule has 170 valence electrons. The molecule has 6 heteroatoms. The van der Waals surface area contributed by atoms with E-state index in [0.717, 1.165) is 40.4 Å². The number of carbonyl (C=O) groups is 1. The molecule has 3 aromatic rings. The number of para-hydroxylation sites is 1. The van der Waals surface area contributed by atoms with Gasteiger partial charge in [-0.3, -0.25) is 4.79 Å². The van der Waals surface area contributed by atoms with Gasteiger partial charge in [-0.25, -0.2) is 0 Å². The van der Waals surface area contributed by atoms with Gasteiger partial charge in [-0.1, -0.05) is 41.6 Å². The molecule has 0 amide bonds. The molecule has 0 aliphatic heterocycles. The van der Waals surface area contributed by atoms with Crippen LogP contribution >= 0.6 is 23.4 Å². The zero-order chi connectivity index (χ0) is 22.6. The highest BCUT2D eigenvalue weighted by atomic mass is 35.5. The molecule has 0 N–H and O–H groups in total. The molecular formula is C27H27ClN2O2S. The molecule has 1 aromatic heterocycles. The quantitative estimate of drug-likeness (QED) is 0.366. The number of ether oxygens (including phenoxy) is 1. The smallest absolute Gasteiger partial charge is 0.318 e. The van der Waals surface area contributed by atoms with Gasteiger partial charge in [-0.05, 0) is 99.6 Å². The molecule has 4 bridgehead atoms. The van der Waals surface area contributed by atoms with Gasteiger partial charge in [0.2, 0.25) is 5.88 Å². The summed E-state index contributed by atoms with van der Waals surface area (Å²) in [6.07, 6.45) is 6.84. The van der Waals surface area contributed by atoms with Gasteiger partial charge in [0.05, 0.1) is 21.7 Å². The van der Waals surface area contributed by atoms with Crippen molar-refractivity contribution in [2.24, 2.45) is 23.2 Å². The van der Waals surface area contributed by atoms with E-state index < -0.39 is 0 Å². The third-order valence-electron chi connectivity index (χ3n) is 7.66. The molecule has 0 spiro atoms. The van der Waals surface area contributed by atoms with Crippen LogP contribution in [0.4, 0.5) is 0 Å². The summed E-state index contributed by atoms with van der Waals surface area (Å²) in [4.78, 5) is 15.7. The van der Waals surface area contributed by atoms with E-state index in [9.17, 15) is 4.79 Å². The fourth-order valence-corrected chi connectivity index (χ4v) is 7.66. The van der Waals surface area contributed by atoms with E-state index in [4.69, 9.17) is 21.4 Å². The van der Waals surface area contributed by atoms with E-state index in [0.29, 0.717) is 28.7 Å². The Bertz CT molecular complexity index is 1150. The number of nitrogens with zero attached hydrogens (tertiary/aromatic N) is 2. The molecule has 4 fully saturated rings. The van der Waals surface area contributed by atoms with Crippen LogP contribution in [0.3, 0.4) is 0 Å². The van der Waals surface area contributed by atoms with Gasteiger partial charge in [0.25, 0.3) is 0 Å². The Morgan fingerprint density at radius 3 is 2.21 bits per heavy atom. The van der Waals surface area contributed by atoms with Gasteiger partial charge in [-0.2, -0.15) is 9.78 Å². The summed E-state index contributed by atoms with van der Waals surface area (Å²) in [5, 5.41) is 5.49. The Balaban J connectivity index is 1.38. The van der Waals surface area contributed by atoms with Gasteiger partial charge in [0.15, 0.2) is 0 Å². The van der Waals surface area contributed by atoms with E-state index in [1.807, 2.05) is 61.5 Å². The van der Waals surface area contributed by atoms with Gasteiger partial charge < -0.3 is 4.74 Å². The lowest BCUT2D eigenvalue weighted by Gasteiger charge is -2.55. The van der Waals surface area contributed by atoms with Crippen LogP contribution in [0.5, 0.6) is 5.88 Å². The van der Waals surface area contributed by atoms with Crippen LogP contribution in [0.1, 0.15) is 44.2 Å². The van der Waals surface area contributed by atoms with Crippen molar-refractivity contribution in [2.45, 2.75) is 55.2 Å². The van der Waals surface area contributed by atoms with E-state index in [-0.39, 0.29) is 11.4 Å². The first-order valence-electron chi connectivity index (χ1n) is 11.8. The molecule has 0 atom stereocenters. The molecule has 4 aliphatic carbocycles. The van der Waals surface area contributed by atoms with Crippen molar-refractivity contribution >= 4 is 29.3 Å². The minimum absolute atomic E-state index is 0.0587. The van der Waals surface area contributed by atoms with Crippen LogP contribution in [0.2, 0.25) is 5.02 Å². The zero-order valence-electron chi connectivity index (χ0n) is 18.7. The second-order valence-corrected chi connectivity index (χ2v) is 11.6. The number of hydrogen-bond acceptors (Lipinski definition) is 4. The van der Waals surface area contributed by atoms with Crippen LogP contribution in [0.15, 0.2) is 64.4 Å². The van der Waals surface area contributed by atoms with Crippen LogP contribution in [-0.2, 0) is 4.79 Å². The normalized spacial score (nSPS) is 27.6. The van der Waals surface area contributed by atoms with Crippen molar-refractivity contribution in [3.05, 3.63) is 65.3 Å². The minimum atomic E-state index is -0.323. The van der Waals surface area contributed by atoms with Crippen molar-refractivity contribution in [3.63, 3.8) is 0 Å². The molecule has 0 radical (unpaired) electrons. The number of hydrogen-bond donors (Lipinski definition) is 0. The van der Waals surface area contributed by atoms with Crippen molar-refractivity contribution in [3.8, 4) is 11.6 Å². The lowest BCUT2D eigenvalue weighted by molar-refractivity contribution is -0.162. The Labute approximate surface area is 203 Å². The molecule has 2 aromatic carbocycles. The first-order chi connectivity index (χ1) is 16.0. The topological polar surface area (TPSA) is 44.1 Å². The molecule has 4 saturated carbocycles. The van der Waals surface area contributed by atoms with Gasteiger partial charge in [-0.15, -0.1) is 0 Å². The Kier molecular flexibility index (Phi) is 5.30. The van der Waals surface area contributed by atoms with E-state index >= 15 is 0 Å². The molecule has 4 nitrogen and oxygen atoms in total. The molecule has 33 heavy (non-hydrogen) atoms. The predicted molar refractivity (Wildman–Crippen MR) is 130 cm³/mol. The second-order valence-electron chi connectivity index (χ2n) is 10.1. The highest BCUT2D eigenvalue weighted by molar-refractivity contribution is 7.99. The maximum absolute atomic E-state index is 13.8. The number of benzene rings is 2. The highest BCUT2D eigenvalue weighted by Crippen LogP contribution is 2.60. The Morgan fingerprint density at radius 2 is 1.61 bits per heavy atom. The number of halogens is 1. The number of rotatable bonds is 5. The van der Waals surface area contributed by atoms with E-state index in [1.165, 1.54) is 19.3 Å². The first-order valence-corrected chi connectivity index (χ1v) is 13.0. The third-order valence-corrected chi connectivity index (χ3v) is 9.09. The molecule has 1 heterocycles. The predicted octanol–water partition coefficient (Wildman–Crippen LogP) is 7.11. The number of esters is 1. The van der Waals surface area contributed by atoms with Crippen LogP contribution in [-0.4, -0.2) is 15.7 Å². The molecule has 0 unspecified atom stereocenters. The van der Waals surface area contributed by atoms with Gasteiger partial charge in [0.1, 0.15) is 0 Å². The largest absolute Gasteiger partial charge is 0.406 e. The fourth-order valence-electron chi connectivity index (χ4n) is 6.62. The van der Waals surface area contributed by atoms with E-state index in [2.05, 4.69) is 0 Å². The average molecular weight is 479 g/mol. The molecule has 7 rings (SSSR count). The SMILES string of the molecule is Cc1nn(-c2ccccc2)c(OC(=O)C23CC4CC(CC(C4)C2)C3)c1Sc1ccc(Cl)cc1. The fraction of sp³-hybridized carbons (Fsp3) is 0.407. The summed E-state index contributed by atoms with van der Waals surface area (Å²) in [6.45, 7) is 1.97. The van der Waals surface area contributed by atoms with Gasteiger partial charge >= 0.3 is 5.97 Å². The summed E-state index contributed by atoms with van der Waals surface area (Å²) in [5.41, 5.74) is 1.40. The average Bonchev–Trinajstić information content (AvgIpc) is 3.10. The molecular weight excluding hydrogens is 452 g/mol. The maximum Gasteiger partial charge on any atom is 0.318 e. The summed E-state index contributed by atoms with van der Waals surface area (Å²) in [6, 6.07) is 17.6. The molecule has 4 aliphatic rings. The lowest BCUT2D eigenvalue weighted by Crippen LogP contribution is -2.51. The summed E-state index contributed by atoms with van der Waals surface area (Å²) in [5.74, 6) is 2.53. The standard InChI is InChI=1S/C27H27ClN2O2S/c1-17-24(33-23-9-7-21(28)8-10-23)25(30(29-17)22-5-3-2-4-6-22)32-26(31)27-14-18-11-19(15-27)13-20(12-18)16-27/h2-10,18-20H,11-16H2,1H3. The van der Waals surface area contributed by atoms with Crippen molar-refractivity contribution in [1.29, 1.82) is 0 Å². The molecule has 0 saturated heterocycles. The second kappa shape index (κ2) is 8.21.